The van der Waals surface area contributed by atoms with Crippen molar-refractivity contribution in [3.63, 3.8) is 0 Å². The molecule has 1 aromatic heterocycles. The minimum absolute atomic E-state index is 0.616. The summed E-state index contributed by atoms with van der Waals surface area (Å²) in [5.74, 6) is 0. The Bertz CT molecular complexity index is 414. The Hall–Kier alpha value is -0.950. The molecule has 0 atom stereocenters. The van der Waals surface area contributed by atoms with Crippen molar-refractivity contribution >= 4 is 11.3 Å². The van der Waals surface area contributed by atoms with Crippen molar-refractivity contribution in [1.29, 1.82) is 0 Å². The smallest absolute Gasteiger partial charge is 0.282 e. The largest absolute Gasteiger partial charge is 0.326 e. The maximum Gasteiger partial charge on any atom is 0.282 e. The van der Waals surface area contributed by atoms with Crippen LogP contribution >= 0.6 is 11.3 Å². The molecule has 4 nitrogen and oxygen atoms in total. The molecule has 0 saturated carbocycles. The minimum atomic E-state index is -2.60. The second-order valence-corrected chi connectivity index (χ2v) is 4.43. The van der Waals surface area contributed by atoms with Gasteiger partial charge in [-0.3, -0.25) is 0 Å². The Kier molecular flexibility index (Phi) is 6.13. The monoisotopic (exact) mass is 273 g/mol. The van der Waals surface area contributed by atoms with E-state index in [1.807, 2.05) is 0 Å². The van der Waals surface area contributed by atoms with Gasteiger partial charge in [0.15, 0.2) is 0 Å². The number of halogens is 1. The zero-order chi connectivity index (χ0) is 12.7. The quantitative estimate of drug-likeness (QED) is 0.802. The molecule has 17 heavy (non-hydrogen) atoms. The molecule has 0 aliphatic rings. The van der Waals surface area contributed by atoms with Crippen molar-refractivity contribution < 1.29 is 24.8 Å². The van der Waals surface area contributed by atoms with Gasteiger partial charge in [-0.05, 0) is 22.6 Å². The average Bonchev–Trinajstić information content (AvgIpc) is 2.82. The van der Waals surface area contributed by atoms with Crippen LogP contribution in [0.5, 0.6) is 0 Å². The maximum atomic E-state index is 8.52. The number of rotatable bonds is 2. The van der Waals surface area contributed by atoms with Crippen molar-refractivity contribution in [3.8, 4) is 10.4 Å². The van der Waals surface area contributed by atoms with E-state index in [0.29, 0.717) is 6.54 Å². The zero-order valence-corrected chi connectivity index (χ0v) is 10.4. The Balaban J connectivity index is 0.000000317. The highest BCUT2D eigenvalue weighted by Gasteiger charge is 1.97. The van der Waals surface area contributed by atoms with Crippen LogP contribution in [-0.4, -0.2) is 4.66 Å². The number of hydrogen-bond acceptors (Lipinski definition) is 5. The normalized spacial score (nSPS) is 9.94. The Labute approximate surface area is 106 Å². The summed E-state index contributed by atoms with van der Waals surface area (Å²) in [6, 6.07) is 12.6. The summed E-state index contributed by atoms with van der Waals surface area (Å²) in [7, 11) is -2.60. The molecule has 0 fully saturated rings. The fraction of sp³-hybridized carbons (Fsp3) is 0.0909. The van der Waals surface area contributed by atoms with E-state index in [1.54, 1.807) is 11.3 Å². The predicted octanol–water partition coefficient (Wildman–Crippen LogP) is -0.0612. The summed E-state index contributed by atoms with van der Waals surface area (Å²) in [5, 5.41) is 2.09. The van der Waals surface area contributed by atoms with E-state index in [0.717, 1.165) is 0 Å². The third kappa shape index (κ3) is 5.27. The van der Waals surface area contributed by atoms with Gasteiger partial charge in [0.2, 0.25) is 0 Å². The first-order valence-corrected chi connectivity index (χ1v) is 6.54. The van der Waals surface area contributed by atoms with Crippen LogP contribution in [0, 0.1) is 10.8 Å². The van der Waals surface area contributed by atoms with Gasteiger partial charge in [-0.15, -0.1) is 11.3 Å². The first kappa shape index (κ1) is 14.1. The molecule has 1 heterocycles. The van der Waals surface area contributed by atoms with Gasteiger partial charge >= 0.3 is 0 Å². The zero-order valence-electron chi connectivity index (χ0n) is 8.88. The number of nitrogens with two attached hydrogens (primary N) is 1. The fourth-order valence-electron chi connectivity index (χ4n) is 1.25. The summed E-state index contributed by atoms with van der Waals surface area (Å²) in [4.78, 5) is 1.31. The van der Waals surface area contributed by atoms with Crippen molar-refractivity contribution in [2.75, 3.05) is 0 Å². The third-order valence-corrected chi connectivity index (χ3v) is 2.91. The van der Waals surface area contributed by atoms with Crippen molar-refractivity contribution in [3.05, 3.63) is 47.3 Å². The standard InChI is InChI=1S/C11H11NS.ClHO3/c12-8-9-3-5-10(6-4-9)11-2-1-7-13-11;2-1(3)4/h1-7H,8,12H2;2H. The summed E-state index contributed by atoms with van der Waals surface area (Å²) in [6.07, 6.45) is 0. The molecule has 1 aromatic carbocycles. The lowest BCUT2D eigenvalue weighted by Gasteiger charge is -1.99. The van der Waals surface area contributed by atoms with Gasteiger partial charge in [0.25, 0.3) is 10.8 Å². The molecule has 92 valence electrons. The van der Waals surface area contributed by atoms with E-state index >= 15 is 0 Å². The van der Waals surface area contributed by atoms with Crippen LogP contribution in [0.25, 0.3) is 10.4 Å². The van der Waals surface area contributed by atoms with Gasteiger partial charge in [-0.1, -0.05) is 30.3 Å². The molecule has 0 aliphatic heterocycles. The topological polar surface area (TPSA) is 92.4 Å². The molecular formula is C11H12ClNO3S. The molecule has 0 aliphatic carbocycles. The van der Waals surface area contributed by atoms with E-state index < -0.39 is 10.8 Å². The van der Waals surface area contributed by atoms with Crippen LogP contribution in [0.15, 0.2) is 41.8 Å². The molecule has 0 amide bonds. The third-order valence-electron chi connectivity index (χ3n) is 2.00. The van der Waals surface area contributed by atoms with Gasteiger partial charge in [0.05, 0.1) is 0 Å². The Morgan fingerprint density at radius 3 is 2.18 bits per heavy atom. The number of hydrogen-bond donors (Lipinski definition) is 2. The molecule has 0 radical (unpaired) electrons. The summed E-state index contributed by atoms with van der Waals surface area (Å²) in [5.41, 5.74) is 7.97. The Morgan fingerprint density at radius 2 is 1.76 bits per heavy atom. The summed E-state index contributed by atoms with van der Waals surface area (Å²) in [6.45, 7) is 0.616. The average molecular weight is 274 g/mol. The lowest BCUT2D eigenvalue weighted by molar-refractivity contribution is -1.63. The highest BCUT2D eigenvalue weighted by molar-refractivity contribution is 7.13. The lowest BCUT2D eigenvalue weighted by Crippen LogP contribution is -2.30. The van der Waals surface area contributed by atoms with Crippen LogP contribution in [0.1, 0.15) is 5.56 Å². The second kappa shape index (κ2) is 7.39. The van der Waals surface area contributed by atoms with Crippen molar-refractivity contribution in [1.82, 2.24) is 0 Å². The molecule has 0 unspecified atom stereocenters. The highest BCUT2D eigenvalue weighted by atomic mass is 35.6. The molecule has 0 saturated heterocycles. The summed E-state index contributed by atoms with van der Waals surface area (Å²) < 4.78 is 24.0. The van der Waals surface area contributed by atoms with Gasteiger partial charge < -0.3 is 15.1 Å². The van der Waals surface area contributed by atoms with Crippen molar-refractivity contribution in [2.24, 2.45) is 5.73 Å². The van der Waals surface area contributed by atoms with Crippen LogP contribution in [0.3, 0.4) is 0 Å². The Morgan fingerprint density at radius 1 is 1.18 bits per heavy atom. The van der Waals surface area contributed by atoms with Crippen LogP contribution in [0.2, 0.25) is 0 Å². The van der Waals surface area contributed by atoms with E-state index in [-0.39, 0.29) is 0 Å². The molecule has 6 heteroatoms. The number of benzene rings is 1. The highest BCUT2D eigenvalue weighted by Crippen LogP contribution is 2.24. The second-order valence-electron chi connectivity index (χ2n) is 3.08. The molecular weight excluding hydrogens is 262 g/mol. The van der Waals surface area contributed by atoms with E-state index in [1.165, 1.54) is 16.0 Å². The fourth-order valence-corrected chi connectivity index (χ4v) is 1.98. The molecule has 2 rings (SSSR count). The maximum absolute atomic E-state index is 8.52. The lowest BCUT2D eigenvalue weighted by atomic mass is 10.1. The van der Waals surface area contributed by atoms with E-state index in [2.05, 4.69) is 41.8 Å². The summed E-state index contributed by atoms with van der Waals surface area (Å²) >= 11 is 1.76. The number of thiophene rings is 1. The van der Waals surface area contributed by atoms with Gasteiger partial charge in [0, 0.05) is 16.1 Å². The van der Waals surface area contributed by atoms with Crippen LogP contribution in [-0.2, 0) is 6.54 Å². The molecule has 2 aromatic rings. The molecule has 3 N–H and O–H groups in total. The van der Waals surface area contributed by atoms with Gasteiger partial charge in [0.1, 0.15) is 0 Å². The molecule has 0 bridgehead atoms. The van der Waals surface area contributed by atoms with E-state index in [9.17, 15) is 0 Å². The SMILES string of the molecule is NCc1ccc(-c2cccs2)cc1.[O-][Cl+2]([O-])O. The molecule has 0 spiro atoms. The van der Waals surface area contributed by atoms with Gasteiger partial charge in [-0.25, -0.2) is 0 Å². The van der Waals surface area contributed by atoms with Gasteiger partial charge in [-0.2, -0.15) is 0 Å². The minimum Gasteiger partial charge on any atom is -0.326 e. The van der Waals surface area contributed by atoms with E-state index in [4.69, 9.17) is 19.7 Å². The first-order chi connectivity index (χ1) is 8.13. The van der Waals surface area contributed by atoms with Crippen LogP contribution < -0.4 is 15.1 Å². The van der Waals surface area contributed by atoms with Crippen molar-refractivity contribution in [2.45, 2.75) is 6.54 Å². The van der Waals surface area contributed by atoms with Crippen LogP contribution in [0.4, 0.5) is 0 Å². The predicted molar refractivity (Wildman–Crippen MR) is 59.9 cm³/mol. The first-order valence-electron chi connectivity index (χ1n) is 4.71.